The lowest BCUT2D eigenvalue weighted by Gasteiger charge is -2.12. The smallest absolute Gasteiger partial charge is 0.263 e. The Labute approximate surface area is 171 Å². The summed E-state index contributed by atoms with van der Waals surface area (Å²) in [5.74, 6) is 0.300. The number of Topliss-reactive ketones (excluding diaryl/α,β-unsaturated/α-hetero) is 1. The SMILES string of the molecule is COCCCn1c(SCC(=O)c2ccccc2)nc2sc3c(c2c1=O)CCC3. The molecule has 0 unspecified atom stereocenters. The van der Waals surface area contributed by atoms with Crippen LogP contribution in [0.5, 0.6) is 0 Å². The van der Waals surface area contributed by atoms with Gasteiger partial charge in [-0.1, -0.05) is 42.1 Å². The van der Waals surface area contributed by atoms with Crippen LogP contribution in [0.4, 0.5) is 0 Å². The van der Waals surface area contributed by atoms with Crippen LogP contribution < -0.4 is 5.56 Å². The number of aryl methyl sites for hydroxylation is 2. The summed E-state index contributed by atoms with van der Waals surface area (Å²) in [6.45, 7) is 1.13. The fraction of sp³-hybridized carbons (Fsp3) is 0.381. The minimum Gasteiger partial charge on any atom is -0.385 e. The van der Waals surface area contributed by atoms with Crippen LogP contribution in [-0.2, 0) is 24.1 Å². The molecule has 0 spiro atoms. The van der Waals surface area contributed by atoms with Gasteiger partial charge in [0.1, 0.15) is 4.83 Å². The maximum absolute atomic E-state index is 13.3. The number of carbonyl (C=O) groups is 1. The highest BCUT2D eigenvalue weighted by Gasteiger charge is 2.23. The monoisotopic (exact) mass is 414 g/mol. The molecule has 0 radical (unpaired) electrons. The van der Waals surface area contributed by atoms with Gasteiger partial charge >= 0.3 is 0 Å². The lowest BCUT2D eigenvalue weighted by atomic mass is 10.2. The molecule has 146 valence electrons. The van der Waals surface area contributed by atoms with Crippen LogP contribution in [0.1, 0.15) is 33.6 Å². The number of ketones is 1. The first kappa shape index (κ1) is 19.4. The number of benzene rings is 1. The van der Waals surface area contributed by atoms with Gasteiger partial charge in [-0.25, -0.2) is 4.98 Å². The quantitative estimate of drug-likeness (QED) is 0.242. The van der Waals surface area contributed by atoms with Crippen molar-refractivity contribution in [2.24, 2.45) is 0 Å². The van der Waals surface area contributed by atoms with E-state index in [1.165, 1.54) is 22.2 Å². The number of nitrogens with zero attached hydrogens (tertiary/aromatic N) is 2. The molecule has 0 amide bonds. The van der Waals surface area contributed by atoms with Gasteiger partial charge < -0.3 is 4.74 Å². The molecule has 0 aliphatic heterocycles. The molecule has 4 rings (SSSR count). The molecule has 3 aromatic rings. The second-order valence-electron chi connectivity index (χ2n) is 6.81. The zero-order valence-corrected chi connectivity index (χ0v) is 17.4. The van der Waals surface area contributed by atoms with Crippen molar-refractivity contribution in [3.8, 4) is 0 Å². The number of hydrogen-bond acceptors (Lipinski definition) is 6. The molecule has 1 aromatic carbocycles. The van der Waals surface area contributed by atoms with E-state index in [0.717, 1.165) is 35.9 Å². The Bertz CT molecular complexity index is 1060. The van der Waals surface area contributed by atoms with Crippen molar-refractivity contribution in [3.05, 3.63) is 56.7 Å². The van der Waals surface area contributed by atoms with E-state index in [1.807, 2.05) is 30.3 Å². The van der Waals surface area contributed by atoms with Crippen molar-refractivity contribution in [1.29, 1.82) is 0 Å². The molecule has 0 saturated heterocycles. The summed E-state index contributed by atoms with van der Waals surface area (Å²) in [5, 5.41) is 1.41. The van der Waals surface area contributed by atoms with Crippen LogP contribution in [0.2, 0.25) is 0 Å². The van der Waals surface area contributed by atoms with E-state index in [-0.39, 0.29) is 17.1 Å². The van der Waals surface area contributed by atoms with Crippen LogP contribution in [0.25, 0.3) is 10.2 Å². The largest absolute Gasteiger partial charge is 0.385 e. The lowest BCUT2D eigenvalue weighted by molar-refractivity contribution is 0.102. The van der Waals surface area contributed by atoms with Gasteiger partial charge in [-0.15, -0.1) is 11.3 Å². The van der Waals surface area contributed by atoms with Crippen molar-refractivity contribution in [2.75, 3.05) is 19.5 Å². The molecule has 1 aliphatic rings. The van der Waals surface area contributed by atoms with E-state index in [1.54, 1.807) is 23.0 Å². The van der Waals surface area contributed by atoms with Crippen molar-refractivity contribution in [3.63, 3.8) is 0 Å². The number of aromatic nitrogens is 2. The molecular weight excluding hydrogens is 392 g/mol. The number of thiophene rings is 1. The van der Waals surface area contributed by atoms with Gasteiger partial charge in [0.2, 0.25) is 0 Å². The average molecular weight is 415 g/mol. The zero-order chi connectivity index (χ0) is 19.5. The maximum atomic E-state index is 13.3. The molecule has 7 heteroatoms. The van der Waals surface area contributed by atoms with Crippen LogP contribution in [0, 0.1) is 0 Å². The van der Waals surface area contributed by atoms with Crippen LogP contribution >= 0.6 is 23.1 Å². The molecule has 0 N–H and O–H groups in total. The molecule has 28 heavy (non-hydrogen) atoms. The third-order valence-corrected chi connectivity index (χ3v) is 7.11. The number of fused-ring (bicyclic) bond motifs is 3. The Morgan fingerprint density at radius 2 is 2.11 bits per heavy atom. The summed E-state index contributed by atoms with van der Waals surface area (Å²) >= 11 is 2.98. The van der Waals surface area contributed by atoms with Crippen molar-refractivity contribution < 1.29 is 9.53 Å². The summed E-state index contributed by atoms with van der Waals surface area (Å²) in [7, 11) is 1.66. The van der Waals surface area contributed by atoms with Gasteiger partial charge in [-0.3, -0.25) is 14.2 Å². The standard InChI is InChI=1S/C21H22N2O3S2/c1-26-12-6-11-23-20(25)18-15-9-5-10-17(15)28-19(18)22-21(23)27-13-16(24)14-7-3-2-4-8-14/h2-4,7-8H,5-6,9-13H2,1H3. The number of hydrogen-bond donors (Lipinski definition) is 0. The highest BCUT2D eigenvalue weighted by molar-refractivity contribution is 7.99. The Balaban J connectivity index is 1.66. The number of methoxy groups -OCH3 is 1. The minimum absolute atomic E-state index is 0.0233. The molecule has 5 nitrogen and oxygen atoms in total. The predicted octanol–water partition coefficient (Wildman–Crippen LogP) is 3.96. The van der Waals surface area contributed by atoms with Crippen LogP contribution in [0.3, 0.4) is 0 Å². The fourth-order valence-corrected chi connectivity index (χ4v) is 5.79. The Morgan fingerprint density at radius 3 is 2.89 bits per heavy atom. The van der Waals surface area contributed by atoms with Crippen molar-refractivity contribution in [2.45, 2.75) is 37.4 Å². The number of rotatable bonds is 8. The van der Waals surface area contributed by atoms with E-state index in [4.69, 9.17) is 9.72 Å². The third kappa shape index (κ3) is 3.79. The Morgan fingerprint density at radius 1 is 1.29 bits per heavy atom. The van der Waals surface area contributed by atoms with Gasteiger partial charge in [0.15, 0.2) is 10.9 Å². The average Bonchev–Trinajstić information content (AvgIpc) is 3.29. The lowest BCUT2D eigenvalue weighted by Crippen LogP contribution is -2.24. The highest BCUT2D eigenvalue weighted by Crippen LogP contribution is 2.35. The molecule has 0 saturated carbocycles. The zero-order valence-electron chi connectivity index (χ0n) is 15.8. The van der Waals surface area contributed by atoms with Crippen LogP contribution in [-0.4, -0.2) is 34.8 Å². The summed E-state index contributed by atoms with van der Waals surface area (Å²) in [5.41, 5.74) is 1.89. The molecule has 0 fully saturated rings. The normalized spacial score (nSPS) is 13.2. The first-order chi connectivity index (χ1) is 13.7. The molecule has 0 bridgehead atoms. The summed E-state index contributed by atoms with van der Waals surface area (Å²) in [6, 6.07) is 9.24. The van der Waals surface area contributed by atoms with Crippen molar-refractivity contribution >= 4 is 39.1 Å². The van der Waals surface area contributed by atoms with Gasteiger partial charge in [0.25, 0.3) is 5.56 Å². The minimum atomic E-state index is 0.0233. The van der Waals surface area contributed by atoms with E-state index in [9.17, 15) is 9.59 Å². The van der Waals surface area contributed by atoms with Gasteiger partial charge in [-0.05, 0) is 31.2 Å². The predicted molar refractivity (Wildman–Crippen MR) is 114 cm³/mol. The van der Waals surface area contributed by atoms with E-state index >= 15 is 0 Å². The number of ether oxygens (including phenoxy) is 1. The van der Waals surface area contributed by atoms with E-state index in [0.29, 0.717) is 23.9 Å². The molecule has 0 atom stereocenters. The number of carbonyl (C=O) groups excluding carboxylic acids is 1. The first-order valence-electron chi connectivity index (χ1n) is 9.44. The van der Waals surface area contributed by atoms with E-state index in [2.05, 4.69) is 0 Å². The van der Waals surface area contributed by atoms with Gasteiger partial charge in [-0.2, -0.15) is 0 Å². The molecule has 1 aliphatic carbocycles. The summed E-state index contributed by atoms with van der Waals surface area (Å²) in [6.07, 6.45) is 3.84. The second kappa shape index (κ2) is 8.59. The van der Waals surface area contributed by atoms with Crippen molar-refractivity contribution in [1.82, 2.24) is 9.55 Å². The fourth-order valence-electron chi connectivity index (χ4n) is 3.57. The third-order valence-electron chi connectivity index (χ3n) is 4.95. The first-order valence-corrected chi connectivity index (χ1v) is 11.2. The molecule has 2 heterocycles. The second-order valence-corrected chi connectivity index (χ2v) is 8.84. The van der Waals surface area contributed by atoms with E-state index < -0.39 is 0 Å². The number of thioether (sulfide) groups is 1. The molecule has 2 aromatic heterocycles. The topological polar surface area (TPSA) is 61.2 Å². The Hall–Kier alpha value is -1.96. The highest BCUT2D eigenvalue weighted by atomic mass is 32.2. The molecular formula is C21H22N2O3S2. The summed E-state index contributed by atoms with van der Waals surface area (Å²) < 4.78 is 6.88. The van der Waals surface area contributed by atoms with Gasteiger partial charge in [0.05, 0.1) is 11.1 Å². The van der Waals surface area contributed by atoms with Crippen LogP contribution in [0.15, 0.2) is 40.3 Å². The van der Waals surface area contributed by atoms with Gasteiger partial charge in [0, 0.05) is 30.7 Å². The Kier molecular flexibility index (Phi) is 5.94. The summed E-state index contributed by atoms with van der Waals surface area (Å²) in [4.78, 5) is 32.7. The maximum Gasteiger partial charge on any atom is 0.263 e.